The quantitative estimate of drug-likeness (QED) is 0.0673. The maximum atomic E-state index is 15.9. The number of allylic oxidation sites excluding steroid dienone is 2. The number of piperidine rings is 2. The van der Waals surface area contributed by atoms with Crippen LogP contribution >= 0.6 is 11.9 Å². The van der Waals surface area contributed by atoms with E-state index in [0.717, 1.165) is 114 Å². The zero-order chi connectivity index (χ0) is 44.9. The number of aromatic nitrogens is 3. The molecule has 0 bridgehead atoms. The second-order valence-corrected chi connectivity index (χ2v) is 19.1. The van der Waals surface area contributed by atoms with Gasteiger partial charge >= 0.3 is 0 Å². The number of hydrogen-bond acceptors (Lipinski definition) is 11. The van der Waals surface area contributed by atoms with E-state index in [2.05, 4.69) is 120 Å². The maximum Gasteiger partial charge on any atom is 0.231 e. The minimum Gasteiger partial charge on any atom is -0.373 e. The van der Waals surface area contributed by atoms with Gasteiger partial charge in [-0.3, -0.25) is 4.90 Å². The fourth-order valence-corrected chi connectivity index (χ4v) is 11.1. The van der Waals surface area contributed by atoms with E-state index in [1.807, 2.05) is 24.4 Å². The number of halogens is 1. The van der Waals surface area contributed by atoms with E-state index in [0.29, 0.717) is 46.7 Å². The highest BCUT2D eigenvalue weighted by atomic mass is 32.2. The lowest BCUT2D eigenvalue weighted by Gasteiger charge is -2.44. The van der Waals surface area contributed by atoms with E-state index in [1.54, 1.807) is 24.2 Å². The summed E-state index contributed by atoms with van der Waals surface area (Å²) in [6.07, 6.45) is 14.3. The molecule has 13 heteroatoms. The number of nitrogens with one attached hydrogen (secondary N) is 4. The third kappa shape index (κ3) is 10.3. The van der Waals surface area contributed by atoms with Gasteiger partial charge in [-0.05, 0) is 123 Å². The lowest BCUT2D eigenvalue weighted by Crippen LogP contribution is -2.53. The van der Waals surface area contributed by atoms with E-state index in [-0.39, 0.29) is 5.82 Å². The average Bonchev–Trinajstić information content (AvgIpc) is 4.00. The molecule has 0 amide bonds. The minimum atomic E-state index is -0.238. The molecule has 3 aromatic carbocycles. The predicted octanol–water partition coefficient (Wildman–Crippen LogP) is 10.8. The molecule has 342 valence electrons. The normalized spacial score (nSPS) is 17.9. The molecule has 65 heavy (non-hydrogen) atoms. The molecule has 3 saturated heterocycles. The van der Waals surface area contributed by atoms with Gasteiger partial charge in [0.2, 0.25) is 5.95 Å². The van der Waals surface area contributed by atoms with Gasteiger partial charge in [-0.15, -0.1) is 0 Å². The summed E-state index contributed by atoms with van der Waals surface area (Å²) in [7, 11) is 0. The third-order valence-corrected chi connectivity index (χ3v) is 15.1. The van der Waals surface area contributed by atoms with Gasteiger partial charge in [-0.1, -0.05) is 62.9 Å². The molecule has 4 aliphatic heterocycles. The molecule has 3 fully saturated rings. The zero-order valence-electron chi connectivity index (χ0n) is 38.3. The van der Waals surface area contributed by atoms with Crippen molar-refractivity contribution < 1.29 is 4.39 Å². The summed E-state index contributed by atoms with van der Waals surface area (Å²) < 4.78 is 18.2. The van der Waals surface area contributed by atoms with Crippen molar-refractivity contribution in [2.75, 3.05) is 89.9 Å². The molecule has 0 saturated carbocycles. The number of piperazine rings is 1. The first kappa shape index (κ1) is 44.5. The first-order chi connectivity index (χ1) is 31.7. The molecule has 2 aromatic heterocycles. The highest BCUT2D eigenvalue weighted by Crippen LogP contribution is 2.41. The number of fused-ring (bicyclic) bond motifs is 2. The molecule has 11 nitrogen and oxygen atoms in total. The van der Waals surface area contributed by atoms with Gasteiger partial charge < -0.3 is 39.9 Å². The molecule has 6 heterocycles. The van der Waals surface area contributed by atoms with Crippen LogP contribution in [0.3, 0.4) is 0 Å². The van der Waals surface area contributed by atoms with Crippen molar-refractivity contribution in [3.63, 3.8) is 0 Å². The molecule has 4 N–H and O–H groups in total. The van der Waals surface area contributed by atoms with Gasteiger partial charge in [-0.25, -0.2) is 4.39 Å². The fraction of sp³-hybridized carbons (Fsp3) is 0.423. The number of para-hydroxylation sites is 1. The Kier molecular flexibility index (Phi) is 13.9. The molecule has 5 aromatic rings. The first-order valence-electron chi connectivity index (χ1n) is 23.7. The summed E-state index contributed by atoms with van der Waals surface area (Å²) in [6.45, 7) is 23.8. The van der Waals surface area contributed by atoms with Crippen molar-refractivity contribution in [1.29, 1.82) is 0 Å². The van der Waals surface area contributed by atoms with E-state index in [4.69, 9.17) is 9.97 Å². The van der Waals surface area contributed by atoms with Crippen LogP contribution in [0.1, 0.15) is 68.9 Å². The van der Waals surface area contributed by atoms with E-state index < -0.39 is 0 Å². The molecular weight excluding hydrogens is 830 g/mol. The monoisotopic (exact) mass is 896 g/mol. The number of anilines is 7. The number of rotatable bonds is 17. The number of benzene rings is 3. The Morgan fingerprint density at radius 2 is 1.66 bits per heavy atom. The Morgan fingerprint density at radius 3 is 2.40 bits per heavy atom. The van der Waals surface area contributed by atoms with Gasteiger partial charge in [0.05, 0.1) is 22.4 Å². The largest absolute Gasteiger partial charge is 0.373 e. The molecule has 0 spiro atoms. The summed E-state index contributed by atoms with van der Waals surface area (Å²) in [5.74, 6) is 2.03. The summed E-state index contributed by atoms with van der Waals surface area (Å²) in [5, 5.41) is 10.9. The molecule has 0 aliphatic carbocycles. The Morgan fingerprint density at radius 1 is 0.892 bits per heavy atom. The summed E-state index contributed by atoms with van der Waals surface area (Å²) in [6, 6.07) is 23.5. The summed E-state index contributed by atoms with van der Waals surface area (Å²) >= 11 is 1.73. The average molecular weight is 896 g/mol. The van der Waals surface area contributed by atoms with Crippen LogP contribution in [-0.2, 0) is 6.42 Å². The third-order valence-electron chi connectivity index (χ3n) is 14.3. The molecule has 9 rings (SSSR count). The van der Waals surface area contributed by atoms with Crippen molar-refractivity contribution in [1.82, 2.24) is 30.1 Å². The SMILES string of the molecule is C=CNC(=C)CCC(C)c1ccc(N2CCC(CC(=C)N3CCN(C4CCN(c5ccc(Nc6nc(Nc7cccc8c7N(SC)CC8)c7cc[nH]c7n6)cc5F)CC4)CC3)CC2)cc1. The topological polar surface area (TPSA) is 93.9 Å². The van der Waals surface area contributed by atoms with Crippen LogP contribution < -0.4 is 30.1 Å². The highest BCUT2D eigenvalue weighted by molar-refractivity contribution is 8.00. The number of nitrogens with zero attached hydrogens (tertiary/aromatic N) is 7. The lowest BCUT2D eigenvalue weighted by molar-refractivity contribution is 0.0980. The predicted molar refractivity (Wildman–Crippen MR) is 271 cm³/mol. The first-order valence-corrected chi connectivity index (χ1v) is 24.8. The smallest absolute Gasteiger partial charge is 0.231 e. The summed E-state index contributed by atoms with van der Waals surface area (Å²) in [5.41, 5.74) is 10.5. The minimum absolute atomic E-state index is 0.238. The Balaban J connectivity index is 0.714. The van der Waals surface area contributed by atoms with Crippen molar-refractivity contribution >= 4 is 63.2 Å². The van der Waals surface area contributed by atoms with Crippen LogP contribution in [0.5, 0.6) is 0 Å². The maximum absolute atomic E-state index is 15.9. The number of hydrogen-bond donors (Lipinski definition) is 4. The van der Waals surface area contributed by atoms with Crippen LogP contribution in [0, 0.1) is 11.7 Å². The Hall–Kier alpha value is -5.66. The van der Waals surface area contributed by atoms with Crippen LogP contribution in [-0.4, -0.2) is 96.0 Å². The Labute approximate surface area is 389 Å². The van der Waals surface area contributed by atoms with Crippen LogP contribution in [0.25, 0.3) is 11.0 Å². The summed E-state index contributed by atoms with van der Waals surface area (Å²) in [4.78, 5) is 22.8. The van der Waals surface area contributed by atoms with Crippen molar-refractivity contribution in [2.24, 2.45) is 5.92 Å². The molecule has 0 radical (unpaired) electrons. The lowest BCUT2D eigenvalue weighted by atomic mass is 9.91. The second-order valence-electron chi connectivity index (χ2n) is 18.3. The van der Waals surface area contributed by atoms with E-state index >= 15 is 4.39 Å². The van der Waals surface area contributed by atoms with Crippen LogP contribution in [0.4, 0.5) is 44.6 Å². The fourth-order valence-electron chi connectivity index (χ4n) is 10.4. The second kappa shape index (κ2) is 20.2. The molecular formula is C52H66FN11S. The molecule has 1 unspecified atom stereocenters. The van der Waals surface area contributed by atoms with E-state index in [1.165, 1.54) is 41.0 Å². The number of H-pyrrole nitrogens is 1. The Bertz CT molecular complexity index is 2450. The standard InChI is InChI=1S/C52H66FN11S/c1-6-54-37(3)11-10-36(2)40-12-15-43(16-13-40)61-25-19-39(20-26-61)34-38(4)60-30-32-62(33-31-60)44-22-27-63(28-23-44)48-17-14-42(35-46(48)53)56-52-58-50-45(18-24-55-50)51(59-52)57-47-9-7-8-41-21-29-64(65-5)49(41)47/h6-9,12-18,24,35-36,39,44,54H,1,3-4,10-11,19-23,25-34H2,2,5H3,(H3,55,56,57,58,59). The van der Waals surface area contributed by atoms with Gasteiger partial charge in [0.15, 0.2) is 0 Å². The zero-order valence-corrected chi connectivity index (χ0v) is 39.1. The number of aromatic amines is 1. The van der Waals surface area contributed by atoms with Crippen LogP contribution in [0.2, 0.25) is 0 Å². The van der Waals surface area contributed by atoms with Gasteiger partial charge in [-0.2, -0.15) is 9.97 Å². The van der Waals surface area contributed by atoms with Crippen molar-refractivity contribution in [3.8, 4) is 0 Å². The van der Waals surface area contributed by atoms with E-state index in [9.17, 15) is 0 Å². The van der Waals surface area contributed by atoms with Gasteiger partial charge in [0.1, 0.15) is 17.3 Å². The molecule has 1 atom stereocenters. The van der Waals surface area contributed by atoms with Gasteiger partial charge in [0, 0.05) is 100 Å². The van der Waals surface area contributed by atoms with Crippen molar-refractivity contribution in [2.45, 2.75) is 70.3 Å². The van der Waals surface area contributed by atoms with Crippen LogP contribution in [0.15, 0.2) is 110 Å². The van der Waals surface area contributed by atoms with Gasteiger partial charge in [0.25, 0.3) is 0 Å². The highest BCUT2D eigenvalue weighted by Gasteiger charge is 2.30. The molecule has 4 aliphatic rings. The van der Waals surface area contributed by atoms with Crippen molar-refractivity contribution in [3.05, 3.63) is 127 Å².